The Morgan fingerprint density at radius 2 is 1.62 bits per heavy atom. The zero-order valence-corrected chi connectivity index (χ0v) is 6.74. The predicted octanol–water partition coefficient (Wildman–Crippen LogP) is 1.91. The van der Waals surface area contributed by atoms with Crippen LogP contribution in [0.5, 0.6) is 0 Å². The third kappa shape index (κ3) is 2.53. The lowest BCUT2D eigenvalue weighted by Gasteiger charge is -2.23. The minimum Gasteiger partial charge on any atom is -0.288 e. The lowest BCUT2D eigenvalue weighted by molar-refractivity contribution is 0.263. The molecule has 0 radical (unpaired) electrons. The molecule has 0 bridgehead atoms. The number of alkyl halides is 1. The van der Waals surface area contributed by atoms with Crippen molar-refractivity contribution < 1.29 is 0 Å². The van der Waals surface area contributed by atoms with Crippen molar-refractivity contribution in [2.45, 2.75) is 32.3 Å². The van der Waals surface area contributed by atoms with E-state index in [1.165, 1.54) is 0 Å². The summed E-state index contributed by atoms with van der Waals surface area (Å²) in [5.74, 6) is 0. The van der Waals surface area contributed by atoms with Crippen LogP contribution in [0.4, 0.5) is 0 Å². The SMILES string of the molecule is CC(C)N(C)C(C)Cl. The predicted molar refractivity (Wildman–Crippen MR) is 38.2 cm³/mol. The summed E-state index contributed by atoms with van der Waals surface area (Å²) in [6, 6.07) is 0.544. The molecule has 0 rings (SSSR count). The molecule has 0 heterocycles. The third-order valence-electron chi connectivity index (χ3n) is 1.38. The molecule has 0 spiro atoms. The van der Waals surface area contributed by atoms with Crippen molar-refractivity contribution in [2.75, 3.05) is 7.05 Å². The average molecular weight is 136 g/mol. The fraction of sp³-hybridized carbons (Fsp3) is 1.00. The molecule has 50 valence electrons. The Balaban J connectivity index is 3.46. The van der Waals surface area contributed by atoms with Gasteiger partial charge in [-0.3, -0.25) is 4.90 Å². The van der Waals surface area contributed by atoms with Crippen LogP contribution in [0.3, 0.4) is 0 Å². The first-order valence-electron chi connectivity index (χ1n) is 2.91. The van der Waals surface area contributed by atoms with Gasteiger partial charge in [0.2, 0.25) is 0 Å². The second kappa shape index (κ2) is 3.31. The quantitative estimate of drug-likeness (QED) is 0.413. The summed E-state index contributed by atoms with van der Waals surface area (Å²) < 4.78 is 0. The number of hydrogen-bond acceptors (Lipinski definition) is 1. The van der Waals surface area contributed by atoms with E-state index in [1.54, 1.807) is 0 Å². The van der Waals surface area contributed by atoms with Gasteiger partial charge in [-0.1, -0.05) is 0 Å². The second-order valence-electron chi connectivity index (χ2n) is 2.33. The molecule has 0 aromatic rings. The molecule has 0 aromatic carbocycles. The topological polar surface area (TPSA) is 3.24 Å². The maximum absolute atomic E-state index is 5.75. The summed E-state index contributed by atoms with van der Waals surface area (Å²) in [6.07, 6.45) is 0. The molecule has 0 amide bonds. The normalized spacial score (nSPS) is 15.4. The molecular formula is C6H14ClN. The molecule has 8 heavy (non-hydrogen) atoms. The van der Waals surface area contributed by atoms with E-state index in [0.717, 1.165) is 0 Å². The molecule has 0 saturated heterocycles. The molecule has 0 saturated carbocycles. The highest BCUT2D eigenvalue weighted by atomic mass is 35.5. The summed E-state index contributed by atoms with van der Waals surface area (Å²) in [5.41, 5.74) is 0.148. The molecule has 1 nitrogen and oxygen atoms in total. The fourth-order valence-corrected chi connectivity index (χ4v) is 0.636. The van der Waals surface area contributed by atoms with Crippen LogP contribution in [0, 0.1) is 0 Å². The average Bonchev–Trinajstić information content (AvgIpc) is 1.64. The first-order chi connectivity index (χ1) is 3.55. The number of rotatable bonds is 2. The first-order valence-corrected chi connectivity index (χ1v) is 3.35. The van der Waals surface area contributed by atoms with E-state index in [0.29, 0.717) is 6.04 Å². The molecule has 0 aliphatic rings. The van der Waals surface area contributed by atoms with Gasteiger partial charge < -0.3 is 0 Å². The number of halogens is 1. The van der Waals surface area contributed by atoms with Crippen molar-refractivity contribution in [1.29, 1.82) is 0 Å². The van der Waals surface area contributed by atoms with Gasteiger partial charge in [0.25, 0.3) is 0 Å². The van der Waals surface area contributed by atoms with Crippen LogP contribution >= 0.6 is 11.6 Å². The van der Waals surface area contributed by atoms with E-state index in [2.05, 4.69) is 18.7 Å². The van der Waals surface area contributed by atoms with E-state index in [1.807, 2.05) is 14.0 Å². The Bertz CT molecular complexity index is 53.5. The Hall–Kier alpha value is 0.250. The van der Waals surface area contributed by atoms with E-state index in [9.17, 15) is 0 Å². The van der Waals surface area contributed by atoms with Gasteiger partial charge in [-0.15, -0.1) is 11.6 Å². The summed E-state index contributed by atoms with van der Waals surface area (Å²) in [7, 11) is 2.02. The molecular weight excluding hydrogens is 122 g/mol. The zero-order valence-electron chi connectivity index (χ0n) is 5.98. The molecule has 0 aliphatic heterocycles. The fourth-order valence-electron chi connectivity index (χ4n) is 0.411. The summed E-state index contributed by atoms with van der Waals surface area (Å²) in [4.78, 5) is 2.10. The van der Waals surface area contributed by atoms with Crippen molar-refractivity contribution in [3.05, 3.63) is 0 Å². The summed E-state index contributed by atoms with van der Waals surface area (Å²) in [6.45, 7) is 6.22. The Morgan fingerprint density at radius 1 is 1.25 bits per heavy atom. The highest BCUT2D eigenvalue weighted by molar-refractivity contribution is 6.20. The largest absolute Gasteiger partial charge is 0.288 e. The van der Waals surface area contributed by atoms with Gasteiger partial charge >= 0.3 is 0 Å². The molecule has 0 fully saturated rings. The maximum Gasteiger partial charge on any atom is 0.0821 e. The van der Waals surface area contributed by atoms with Crippen LogP contribution in [-0.4, -0.2) is 23.5 Å². The number of hydrogen-bond donors (Lipinski definition) is 0. The maximum atomic E-state index is 5.75. The highest BCUT2D eigenvalue weighted by Crippen LogP contribution is 2.03. The monoisotopic (exact) mass is 135 g/mol. The highest BCUT2D eigenvalue weighted by Gasteiger charge is 2.06. The van der Waals surface area contributed by atoms with Crippen LogP contribution in [0.15, 0.2) is 0 Å². The van der Waals surface area contributed by atoms with Gasteiger partial charge in [0.15, 0.2) is 0 Å². The molecule has 0 N–H and O–H groups in total. The van der Waals surface area contributed by atoms with E-state index < -0.39 is 0 Å². The van der Waals surface area contributed by atoms with Crippen molar-refractivity contribution in [3.8, 4) is 0 Å². The first kappa shape index (κ1) is 8.25. The lowest BCUT2D eigenvalue weighted by atomic mass is 10.3. The van der Waals surface area contributed by atoms with Gasteiger partial charge in [0.1, 0.15) is 0 Å². The minimum absolute atomic E-state index is 0.148. The minimum atomic E-state index is 0.148. The zero-order chi connectivity index (χ0) is 6.73. The Morgan fingerprint density at radius 3 is 1.62 bits per heavy atom. The van der Waals surface area contributed by atoms with Gasteiger partial charge in [-0.05, 0) is 27.8 Å². The summed E-state index contributed by atoms with van der Waals surface area (Å²) >= 11 is 5.75. The molecule has 1 unspecified atom stereocenters. The summed E-state index contributed by atoms with van der Waals surface area (Å²) in [5, 5.41) is 0. The van der Waals surface area contributed by atoms with Gasteiger partial charge in [-0.2, -0.15) is 0 Å². The molecule has 0 aliphatic carbocycles. The second-order valence-corrected chi connectivity index (χ2v) is 2.96. The van der Waals surface area contributed by atoms with Crippen molar-refractivity contribution in [3.63, 3.8) is 0 Å². The number of nitrogens with zero attached hydrogens (tertiary/aromatic N) is 1. The van der Waals surface area contributed by atoms with Crippen LogP contribution in [0.1, 0.15) is 20.8 Å². The van der Waals surface area contributed by atoms with E-state index in [4.69, 9.17) is 11.6 Å². The standard InChI is InChI=1S/C6H14ClN/c1-5(2)8(4)6(3)7/h5-6H,1-4H3. The van der Waals surface area contributed by atoms with Crippen LogP contribution in [0.2, 0.25) is 0 Å². The molecule has 1 atom stereocenters. The third-order valence-corrected chi connectivity index (χ3v) is 1.68. The Kier molecular flexibility index (Phi) is 3.41. The van der Waals surface area contributed by atoms with Crippen LogP contribution in [0.25, 0.3) is 0 Å². The molecule has 2 heteroatoms. The van der Waals surface area contributed by atoms with Crippen molar-refractivity contribution in [1.82, 2.24) is 4.90 Å². The van der Waals surface area contributed by atoms with Gasteiger partial charge in [-0.25, -0.2) is 0 Å². The van der Waals surface area contributed by atoms with E-state index >= 15 is 0 Å². The van der Waals surface area contributed by atoms with Gasteiger partial charge in [0.05, 0.1) is 5.50 Å². The van der Waals surface area contributed by atoms with Crippen LogP contribution < -0.4 is 0 Å². The van der Waals surface area contributed by atoms with Crippen LogP contribution in [-0.2, 0) is 0 Å². The Labute approximate surface area is 56.6 Å². The van der Waals surface area contributed by atoms with Crippen molar-refractivity contribution in [2.24, 2.45) is 0 Å². The van der Waals surface area contributed by atoms with Crippen molar-refractivity contribution >= 4 is 11.6 Å². The van der Waals surface area contributed by atoms with Gasteiger partial charge in [0, 0.05) is 6.04 Å². The lowest BCUT2D eigenvalue weighted by Crippen LogP contribution is -2.31. The molecule has 0 aromatic heterocycles. The smallest absolute Gasteiger partial charge is 0.0821 e. The van der Waals surface area contributed by atoms with E-state index in [-0.39, 0.29) is 5.50 Å².